The van der Waals surface area contributed by atoms with Crippen molar-refractivity contribution in [2.24, 2.45) is 0 Å². The van der Waals surface area contributed by atoms with E-state index in [-0.39, 0.29) is 6.10 Å². The molecule has 1 rings (SSSR count). The molecule has 186 valence electrons. The summed E-state index contributed by atoms with van der Waals surface area (Å²) in [5, 5.41) is 0. The first-order valence-corrected chi connectivity index (χ1v) is 14.9. The first kappa shape index (κ1) is 29.5. The molecule has 1 atom stereocenters. The zero-order chi connectivity index (χ0) is 23.0. The maximum Gasteiger partial charge on any atom is 0.176 e. The van der Waals surface area contributed by atoms with E-state index in [1.165, 1.54) is 103 Å². The van der Waals surface area contributed by atoms with Crippen molar-refractivity contribution in [2.75, 3.05) is 25.4 Å². The average Bonchev–Trinajstić information content (AvgIpc) is 2.82. The van der Waals surface area contributed by atoms with Crippen LogP contribution in [0.2, 0.25) is 0 Å². The molecular formula is C28H52NO2S+. The fourth-order valence-corrected chi connectivity index (χ4v) is 4.40. The van der Waals surface area contributed by atoms with Gasteiger partial charge in [-0.1, -0.05) is 109 Å². The van der Waals surface area contributed by atoms with E-state index in [9.17, 15) is 0 Å². The molecule has 3 nitrogen and oxygen atoms in total. The smallest absolute Gasteiger partial charge is 0.176 e. The highest BCUT2D eigenvalue weighted by atomic mass is 32.2. The molecule has 0 fully saturated rings. The summed E-state index contributed by atoms with van der Waals surface area (Å²) in [6.45, 7) is 4.68. The van der Waals surface area contributed by atoms with Crippen LogP contribution in [0.3, 0.4) is 0 Å². The maximum absolute atomic E-state index is 5.95. The second-order valence-corrected chi connectivity index (χ2v) is 9.96. The van der Waals surface area contributed by atoms with E-state index in [0.29, 0.717) is 6.61 Å². The molecule has 0 spiro atoms. The minimum absolute atomic E-state index is 0.121. The Morgan fingerprint density at radius 2 is 1.19 bits per heavy atom. The fourth-order valence-electron chi connectivity index (χ4n) is 4.08. The van der Waals surface area contributed by atoms with Gasteiger partial charge in [-0.05, 0) is 12.7 Å². The Balaban J connectivity index is 1.86. The lowest BCUT2D eigenvalue weighted by atomic mass is 10.0. The van der Waals surface area contributed by atoms with Crippen LogP contribution in [0.5, 0.6) is 0 Å². The molecule has 4 heteroatoms. The Morgan fingerprint density at radius 3 is 1.69 bits per heavy atom. The van der Waals surface area contributed by atoms with Gasteiger partial charge in [0.05, 0.1) is 12.5 Å². The zero-order valence-corrected chi connectivity index (χ0v) is 22.1. The van der Waals surface area contributed by atoms with Gasteiger partial charge in [0.25, 0.3) is 0 Å². The summed E-state index contributed by atoms with van der Waals surface area (Å²) < 4.78 is 14.1. The van der Waals surface area contributed by atoms with Gasteiger partial charge >= 0.3 is 0 Å². The Morgan fingerprint density at radius 1 is 0.688 bits per heavy atom. The number of hydrogen-bond donors (Lipinski definition) is 0. The number of pyridine rings is 1. The molecule has 1 aromatic rings. The summed E-state index contributed by atoms with van der Waals surface area (Å²) in [6, 6.07) is 6.16. The molecule has 32 heavy (non-hydrogen) atoms. The molecule has 1 heterocycles. The van der Waals surface area contributed by atoms with Gasteiger partial charge in [-0.2, -0.15) is 0 Å². The standard InChI is InChI=1S/C28H52NO2S/c1-3-4-5-6-7-8-9-10-11-12-13-14-15-16-17-21-24-30-26-28(31-27-32-2)25-29-22-19-18-20-23-29/h18-20,22-23,28H,3-17,21,24-27H2,1-2H3/q+1. The third-order valence-corrected chi connectivity index (χ3v) is 6.43. The molecule has 0 aliphatic carbocycles. The van der Waals surface area contributed by atoms with E-state index in [0.717, 1.165) is 19.1 Å². The molecular weight excluding hydrogens is 414 g/mol. The van der Waals surface area contributed by atoms with Gasteiger partial charge in [-0.25, -0.2) is 4.57 Å². The zero-order valence-electron chi connectivity index (χ0n) is 21.3. The molecule has 0 bridgehead atoms. The molecule has 1 aromatic heterocycles. The Bertz CT molecular complexity index is 486. The summed E-state index contributed by atoms with van der Waals surface area (Å²) in [4.78, 5) is 0. The minimum atomic E-state index is 0.121. The number of aromatic nitrogens is 1. The van der Waals surface area contributed by atoms with Crippen molar-refractivity contribution in [2.45, 2.75) is 122 Å². The van der Waals surface area contributed by atoms with E-state index >= 15 is 0 Å². The average molecular weight is 467 g/mol. The van der Waals surface area contributed by atoms with E-state index in [4.69, 9.17) is 9.47 Å². The van der Waals surface area contributed by atoms with Crippen molar-refractivity contribution >= 4 is 11.8 Å². The van der Waals surface area contributed by atoms with Crippen molar-refractivity contribution in [1.82, 2.24) is 0 Å². The van der Waals surface area contributed by atoms with E-state index in [1.807, 2.05) is 6.07 Å². The summed E-state index contributed by atoms with van der Waals surface area (Å²) in [5.41, 5.74) is 0. The highest BCUT2D eigenvalue weighted by molar-refractivity contribution is 7.98. The van der Waals surface area contributed by atoms with Crippen molar-refractivity contribution in [3.8, 4) is 0 Å². The van der Waals surface area contributed by atoms with Crippen LogP contribution in [0.4, 0.5) is 0 Å². The van der Waals surface area contributed by atoms with Crippen LogP contribution < -0.4 is 4.57 Å². The first-order chi connectivity index (χ1) is 15.9. The van der Waals surface area contributed by atoms with E-state index < -0.39 is 0 Å². The van der Waals surface area contributed by atoms with Crippen LogP contribution in [-0.4, -0.2) is 31.5 Å². The highest BCUT2D eigenvalue weighted by Crippen LogP contribution is 2.13. The maximum atomic E-state index is 5.95. The van der Waals surface area contributed by atoms with Gasteiger partial charge in [-0.3, -0.25) is 0 Å². The van der Waals surface area contributed by atoms with Crippen LogP contribution >= 0.6 is 11.8 Å². The minimum Gasteiger partial charge on any atom is -0.378 e. The number of nitrogens with zero attached hydrogens (tertiary/aromatic N) is 1. The molecule has 0 N–H and O–H groups in total. The molecule has 0 aromatic carbocycles. The second-order valence-electron chi connectivity index (χ2n) is 9.15. The predicted molar refractivity (Wildman–Crippen MR) is 140 cm³/mol. The highest BCUT2D eigenvalue weighted by Gasteiger charge is 2.15. The lowest BCUT2D eigenvalue weighted by Crippen LogP contribution is -2.42. The van der Waals surface area contributed by atoms with Gasteiger partial charge < -0.3 is 9.47 Å². The van der Waals surface area contributed by atoms with Gasteiger partial charge in [0.1, 0.15) is 6.10 Å². The molecule has 0 aliphatic rings. The van der Waals surface area contributed by atoms with Crippen molar-refractivity contribution in [3.05, 3.63) is 30.6 Å². The lowest BCUT2D eigenvalue weighted by Gasteiger charge is -2.15. The lowest BCUT2D eigenvalue weighted by molar-refractivity contribution is -0.704. The summed E-state index contributed by atoms with van der Waals surface area (Å²) in [6.07, 6.45) is 28.8. The fraction of sp³-hybridized carbons (Fsp3) is 0.821. The third-order valence-electron chi connectivity index (χ3n) is 6.06. The van der Waals surface area contributed by atoms with Gasteiger partial charge in [-0.15, -0.1) is 11.8 Å². The number of unbranched alkanes of at least 4 members (excludes halogenated alkanes) is 15. The Hall–Kier alpha value is -0.580. The van der Waals surface area contributed by atoms with Crippen LogP contribution in [0.1, 0.15) is 110 Å². The van der Waals surface area contributed by atoms with E-state index in [2.05, 4.69) is 42.3 Å². The monoisotopic (exact) mass is 466 g/mol. The molecule has 0 saturated carbocycles. The molecule has 0 amide bonds. The van der Waals surface area contributed by atoms with Crippen molar-refractivity contribution in [3.63, 3.8) is 0 Å². The summed E-state index contributed by atoms with van der Waals surface area (Å²) in [5.74, 6) is 0.723. The number of rotatable bonds is 24. The third kappa shape index (κ3) is 18.9. The van der Waals surface area contributed by atoms with Crippen molar-refractivity contribution < 1.29 is 14.0 Å². The van der Waals surface area contributed by atoms with Gasteiger partial charge in [0.15, 0.2) is 18.9 Å². The summed E-state index contributed by atoms with van der Waals surface area (Å²) >= 11 is 1.72. The second kappa shape index (κ2) is 23.6. The number of ether oxygens (including phenoxy) is 2. The van der Waals surface area contributed by atoms with Crippen LogP contribution in [0, 0.1) is 0 Å². The normalized spacial score (nSPS) is 12.3. The molecule has 0 aliphatic heterocycles. The largest absolute Gasteiger partial charge is 0.378 e. The topological polar surface area (TPSA) is 22.3 Å². The van der Waals surface area contributed by atoms with Crippen LogP contribution in [-0.2, 0) is 16.0 Å². The molecule has 1 unspecified atom stereocenters. The van der Waals surface area contributed by atoms with E-state index in [1.54, 1.807) is 11.8 Å². The van der Waals surface area contributed by atoms with Crippen molar-refractivity contribution in [1.29, 1.82) is 0 Å². The van der Waals surface area contributed by atoms with Crippen LogP contribution in [0.25, 0.3) is 0 Å². The molecule has 0 radical (unpaired) electrons. The van der Waals surface area contributed by atoms with Crippen LogP contribution in [0.15, 0.2) is 30.6 Å². The molecule has 0 saturated heterocycles. The Kier molecular flexibility index (Phi) is 21.7. The Labute approximate surface area is 204 Å². The first-order valence-electron chi connectivity index (χ1n) is 13.5. The number of hydrogen-bond acceptors (Lipinski definition) is 3. The SMILES string of the molecule is CCCCCCCCCCCCCCCCCCOCC(C[n+]1ccccc1)OCSC. The van der Waals surface area contributed by atoms with Gasteiger partial charge in [0, 0.05) is 18.7 Å². The number of thioether (sulfide) groups is 1. The quantitative estimate of drug-likeness (QED) is 0.0876. The predicted octanol–water partition coefficient (Wildman–Crippen LogP) is 7.96. The summed E-state index contributed by atoms with van der Waals surface area (Å²) in [7, 11) is 0. The van der Waals surface area contributed by atoms with Gasteiger partial charge in [0.2, 0.25) is 0 Å².